The summed E-state index contributed by atoms with van der Waals surface area (Å²) in [6.07, 6.45) is 0. The van der Waals surface area contributed by atoms with Crippen LogP contribution in [0.2, 0.25) is 0 Å². The highest BCUT2D eigenvalue weighted by molar-refractivity contribution is 5.82. The molecule has 4 nitrogen and oxygen atoms in total. The normalized spacial score (nSPS) is 17.1. The lowest BCUT2D eigenvalue weighted by Gasteiger charge is -2.32. The molecule has 1 radical (unpaired) electrons. The Kier molecular flexibility index (Phi) is 2.58. The highest BCUT2D eigenvalue weighted by Crippen LogP contribution is 2.13. The summed E-state index contributed by atoms with van der Waals surface area (Å²) in [6.45, 7) is 3.94. The van der Waals surface area contributed by atoms with Gasteiger partial charge in [0, 0.05) is 31.9 Å². The van der Waals surface area contributed by atoms with Gasteiger partial charge in [0.1, 0.15) is 5.82 Å². The Labute approximate surface area is 89.5 Å². The number of hydrogen-bond donors (Lipinski definition) is 0. The second-order valence-corrected chi connectivity index (χ2v) is 3.77. The van der Waals surface area contributed by atoms with Crippen molar-refractivity contribution in [3.8, 4) is 0 Å². The minimum Gasteiger partial charge on any atom is -0.346 e. The van der Waals surface area contributed by atoms with Crippen molar-refractivity contribution in [2.45, 2.75) is 6.92 Å². The van der Waals surface area contributed by atoms with E-state index in [9.17, 15) is 4.79 Å². The summed E-state index contributed by atoms with van der Waals surface area (Å²) in [6, 6.07) is 6.74. The molecule has 0 atom stereocenters. The molecule has 4 heteroatoms. The lowest BCUT2D eigenvalue weighted by atomic mass is 10.3. The molecule has 1 aromatic rings. The van der Waals surface area contributed by atoms with E-state index in [0.29, 0.717) is 6.54 Å². The summed E-state index contributed by atoms with van der Waals surface area (Å²) in [5.41, 5.74) is 0.860. The SMILES string of the molecule is Cc1[c]ccc(N2CCN(C)C(=O)C2)n1. The molecule has 0 aliphatic carbocycles. The predicted octanol–water partition coefficient (Wildman–Crippen LogP) is 0.469. The zero-order chi connectivity index (χ0) is 10.8. The maximum absolute atomic E-state index is 11.5. The van der Waals surface area contributed by atoms with Crippen LogP contribution in [0.4, 0.5) is 5.82 Å². The molecule has 0 N–H and O–H groups in total. The molecule has 1 aliphatic rings. The number of piperazine rings is 1. The van der Waals surface area contributed by atoms with Gasteiger partial charge in [0.25, 0.3) is 0 Å². The number of carbonyl (C=O) groups excluding carboxylic acids is 1. The van der Waals surface area contributed by atoms with Crippen LogP contribution in [-0.2, 0) is 4.79 Å². The van der Waals surface area contributed by atoms with Gasteiger partial charge in [-0.25, -0.2) is 4.98 Å². The maximum Gasteiger partial charge on any atom is 0.241 e. The van der Waals surface area contributed by atoms with Crippen LogP contribution >= 0.6 is 0 Å². The van der Waals surface area contributed by atoms with Crippen molar-refractivity contribution in [3.05, 3.63) is 23.9 Å². The molecule has 0 saturated carbocycles. The minimum absolute atomic E-state index is 0.147. The number of pyridine rings is 1. The van der Waals surface area contributed by atoms with Crippen LogP contribution in [0.1, 0.15) is 5.69 Å². The Bertz CT molecular complexity index is 378. The van der Waals surface area contributed by atoms with Crippen LogP contribution in [0, 0.1) is 13.0 Å². The van der Waals surface area contributed by atoms with Crippen LogP contribution in [0.3, 0.4) is 0 Å². The molecular formula is C11H14N3O. The fourth-order valence-electron chi connectivity index (χ4n) is 1.61. The summed E-state index contributed by atoms with van der Waals surface area (Å²) in [7, 11) is 1.83. The molecule has 2 heterocycles. The Hall–Kier alpha value is -1.58. The largest absolute Gasteiger partial charge is 0.346 e. The lowest BCUT2D eigenvalue weighted by Crippen LogP contribution is -2.48. The highest BCUT2D eigenvalue weighted by Gasteiger charge is 2.21. The number of carbonyl (C=O) groups is 1. The molecular weight excluding hydrogens is 190 g/mol. The lowest BCUT2D eigenvalue weighted by molar-refractivity contribution is -0.129. The monoisotopic (exact) mass is 204 g/mol. The zero-order valence-corrected chi connectivity index (χ0v) is 9.03. The highest BCUT2D eigenvalue weighted by atomic mass is 16.2. The number of likely N-dealkylation sites (N-methyl/N-ethyl adjacent to an activating group) is 1. The first-order chi connectivity index (χ1) is 7.16. The molecule has 0 aromatic carbocycles. The van der Waals surface area contributed by atoms with Gasteiger partial charge in [0.2, 0.25) is 5.91 Å². The van der Waals surface area contributed by atoms with E-state index in [2.05, 4.69) is 11.1 Å². The van der Waals surface area contributed by atoms with E-state index in [1.165, 1.54) is 0 Å². The number of aromatic nitrogens is 1. The molecule has 1 saturated heterocycles. The van der Waals surface area contributed by atoms with E-state index in [1.54, 1.807) is 4.90 Å². The molecule has 79 valence electrons. The third kappa shape index (κ3) is 2.09. The summed E-state index contributed by atoms with van der Waals surface area (Å²) in [5.74, 6) is 1.02. The molecule has 2 rings (SSSR count). The fraction of sp³-hybridized carbons (Fsp3) is 0.455. The number of anilines is 1. The summed E-state index contributed by atoms with van der Waals surface area (Å²) in [4.78, 5) is 19.6. The summed E-state index contributed by atoms with van der Waals surface area (Å²) < 4.78 is 0. The molecule has 1 aromatic heterocycles. The molecule has 0 spiro atoms. The van der Waals surface area contributed by atoms with Crippen molar-refractivity contribution in [2.75, 3.05) is 31.6 Å². The van der Waals surface area contributed by atoms with E-state index in [0.717, 1.165) is 24.6 Å². The second kappa shape index (κ2) is 3.88. The maximum atomic E-state index is 11.5. The van der Waals surface area contributed by atoms with Crippen molar-refractivity contribution < 1.29 is 4.79 Å². The smallest absolute Gasteiger partial charge is 0.241 e. The minimum atomic E-state index is 0.147. The van der Waals surface area contributed by atoms with E-state index < -0.39 is 0 Å². The van der Waals surface area contributed by atoms with Gasteiger partial charge in [-0.1, -0.05) is 0 Å². The van der Waals surface area contributed by atoms with Gasteiger partial charge in [0.05, 0.1) is 6.54 Å². The first kappa shape index (κ1) is 9.96. The van der Waals surface area contributed by atoms with Crippen molar-refractivity contribution in [3.63, 3.8) is 0 Å². The molecule has 1 aliphatic heterocycles. The van der Waals surface area contributed by atoms with Gasteiger partial charge < -0.3 is 9.80 Å². The Balaban J connectivity index is 2.15. The van der Waals surface area contributed by atoms with Crippen LogP contribution in [-0.4, -0.2) is 42.5 Å². The molecule has 0 bridgehead atoms. The molecule has 15 heavy (non-hydrogen) atoms. The van der Waals surface area contributed by atoms with E-state index in [1.807, 2.05) is 31.0 Å². The average molecular weight is 204 g/mol. The van der Waals surface area contributed by atoms with Gasteiger partial charge in [-0.05, 0) is 19.1 Å². The third-order valence-electron chi connectivity index (χ3n) is 2.59. The van der Waals surface area contributed by atoms with Gasteiger partial charge in [-0.2, -0.15) is 0 Å². The van der Waals surface area contributed by atoms with Crippen molar-refractivity contribution in [1.82, 2.24) is 9.88 Å². The number of nitrogens with zero attached hydrogens (tertiary/aromatic N) is 3. The topological polar surface area (TPSA) is 36.4 Å². The summed E-state index contributed by atoms with van der Waals surface area (Å²) in [5, 5.41) is 0. The van der Waals surface area contributed by atoms with Crippen LogP contribution in [0.25, 0.3) is 0 Å². The number of hydrogen-bond acceptors (Lipinski definition) is 3. The van der Waals surface area contributed by atoms with Crippen molar-refractivity contribution in [2.24, 2.45) is 0 Å². The first-order valence-electron chi connectivity index (χ1n) is 5.01. The molecule has 1 amide bonds. The van der Waals surface area contributed by atoms with Gasteiger partial charge in [-0.3, -0.25) is 4.79 Å². The summed E-state index contributed by atoms with van der Waals surface area (Å²) >= 11 is 0. The van der Waals surface area contributed by atoms with E-state index >= 15 is 0 Å². The van der Waals surface area contributed by atoms with Crippen LogP contribution in [0.15, 0.2) is 12.1 Å². The standard InChI is InChI=1S/C11H14N3O/c1-9-4-3-5-10(12-9)14-7-6-13(2)11(15)8-14/h3,5H,6-8H2,1-2H3. The first-order valence-corrected chi connectivity index (χ1v) is 5.01. The number of aryl methyl sites for hydroxylation is 1. The van der Waals surface area contributed by atoms with Crippen molar-refractivity contribution in [1.29, 1.82) is 0 Å². The third-order valence-corrected chi connectivity index (χ3v) is 2.59. The number of rotatable bonds is 1. The van der Waals surface area contributed by atoms with Crippen LogP contribution in [0.5, 0.6) is 0 Å². The molecule has 0 unspecified atom stereocenters. The van der Waals surface area contributed by atoms with Gasteiger partial charge >= 0.3 is 0 Å². The Morgan fingerprint density at radius 1 is 1.47 bits per heavy atom. The van der Waals surface area contributed by atoms with Gasteiger partial charge in [-0.15, -0.1) is 0 Å². The molecule has 1 fully saturated rings. The Morgan fingerprint density at radius 3 is 2.93 bits per heavy atom. The zero-order valence-electron chi connectivity index (χ0n) is 9.03. The predicted molar refractivity (Wildman–Crippen MR) is 57.7 cm³/mol. The van der Waals surface area contributed by atoms with E-state index in [4.69, 9.17) is 0 Å². The van der Waals surface area contributed by atoms with Gasteiger partial charge in [0.15, 0.2) is 0 Å². The second-order valence-electron chi connectivity index (χ2n) is 3.77. The van der Waals surface area contributed by atoms with E-state index in [-0.39, 0.29) is 5.91 Å². The average Bonchev–Trinajstić information content (AvgIpc) is 2.22. The Morgan fingerprint density at radius 2 is 2.27 bits per heavy atom. The quantitative estimate of drug-likeness (QED) is 0.667. The fourth-order valence-corrected chi connectivity index (χ4v) is 1.61. The van der Waals surface area contributed by atoms with Crippen LogP contribution < -0.4 is 4.90 Å². The number of amides is 1. The van der Waals surface area contributed by atoms with Crippen molar-refractivity contribution >= 4 is 11.7 Å².